The number of piperazine rings is 1. The number of amides is 1. The zero-order chi connectivity index (χ0) is 24.1. The number of nitrogens with zero attached hydrogens (tertiary/aromatic N) is 3. The molecular weight excluding hydrogens is 467 g/mol. The largest absolute Gasteiger partial charge is 0.378 e. The Hall–Kier alpha value is -2.73. The molecule has 1 fully saturated rings. The molecule has 34 heavy (non-hydrogen) atoms. The molecule has 1 N–H and O–H groups in total. The molecule has 5 nitrogen and oxygen atoms in total. The molecule has 3 aromatic rings. The Bertz CT molecular complexity index is 1100. The van der Waals surface area contributed by atoms with Gasteiger partial charge in [0.1, 0.15) is 0 Å². The Kier molecular flexibility index (Phi) is 7.99. The zero-order valence-electron chi connectivity index (χ0n) is 19.5. The monoisotopic (exact) mass is 496 g/mol. The lowest BCUT2D eigenvalue weighted by Crippen LogP contribution is -2.50. The molecule has 1 amide bonds. The van der Waals surface area contributed by atoms with Crippen LogP contribution in [-0.4, -0.2) is 57.6 Å². The summed E-state index contributed by atoms with van der Waals surface area (Å²) in [5.41, 5.74) is 4.09. The summed E-state index contributed by atoms with van der Waals surface area (Å²) in [6.45, 7) is 4.22. The topological polar surface area (TPSA) is 38.8 Å². The van der Waals surface area contributed by atoms with Gasteiger partial charge >= 0.3 is 0 Å². The van der Waals surface area contributed by atoms with Gasteiger partial charge in [-0.3, -0.25) is 9.69 Å². The fraction of sp³-hybridized carbons (Fsp3) is 0.296. The van der Waals surface area contributed by atoms with Crippen LogP contribution in [0.4, 0.5) is 11.4 Å². The van der Waals surface area contributed by atoms with E-state index >= 15 is 0 Å². The van der Waals surface area contributed by atoms with Crippen molar-refractivity contribution in [1.29, 1.82) is 0 Å². The summed E-state index contributed by atoms with van der Waals surface area (Å²) >= 11 is 12.1. The third-order valence-corrected chi connectivity index (χ3v) is 7.05. The first-order chi connectivity index (χ1) is 16.4. The quantitative estimate of drug-likeness (QED) is 0.478. The van der Waals surface area contributed by atoms with E-state index < -0.39 is 0 Å². The van der Waals surface area contributed by atoms with Crippen LogP contribution in [0.15, 0.2) is 72.8 Å². The van der Waals surface area contributed by atoms with Crippen LogP contribution in [0.5, 0.6) is 0 Å². The highest BCUT2D eigenvalue weighted by atomic mass is 35.5. The first kappa shape index (κ1) is 24.4. The summed E-state index contributed by atoms with van der Waals surface area (Å²) in [4.78, 5) is 19.8. The van der Waals surface area contributed by atoms with Crippen LogP contribution < -0.4 is 15.1 Å². The van der Waals surface area contributed by atoms with Gasteiger partial charge in [0.2, 0.25) is 0 Å². The number of benzene rings is 3. The summed E-state index contributed by atoms with van der Waals surface area (Å²) in [5, 5.41) is 3.93. The maximum Gasteiger partial charge on any atom is 0.251 e. The third-order valence-electron chi connectivity index (χ3n) is 6.31. The SMILES string of the molecule is CN(C)c1ccc(C(CNC(=O)c2ccc(Cl)c(Cl)c2)N2CCN(c3ccccc3)CC2)cc1. The van der Waals surface area contributed by atoms with Crippen LogP contribution in [0, 0.1) is 0 Å². The average molecular weight is 497 g/mol. The van der Waals surface area contributed by atoms with E-state index in [4.69, 9.17) is 23.2 Å². The first-order valence-electron chi connectivity index (χ1n) is 11.5. The standard InChI is InChI=1S/C27H30Cl2N4O/c1-31(2)22-11-8-20(9-12-22)26(19-30-27(34)21-10-13-24(28)25(29)18-21)33-16-14-32(15-17-33)23-6-4-3-5-7-23/h3-13,18,26H,14-17,19H2,1-2H3,(H,30,34). The van der Waals surface area contributed by atoms with Crippen molar-refractivity contribution in [3.8, 4) is 0 Å². The maximum atomic E-state index is 12.9. The molecular formula is C27H30Cl2N4O. The van der Waals surface area contributed by atoms with Crippen LogP contribution in [0.25, 0.3) is 0 Å². The lowest BCUT2D eigenvalue weighted by Gasteiger charge is -2.40. The maximum absolute atomic E-state index is 12.9. The smallest absolute Gasteiger partial charge is 0.251 e. The van der Waals surface area contributed by atoms with E-state index in [0.717, 1.165) is 31.9 Å². The van der Waals surface area contributed by atoms with Crippen LogP contribution in [0.3, 0.4) is 0 Å². The highest BCUT2D eigenvalue weighted by Gasteiger charge is 2.26. The Balaban J connectivity index is 1.49. The summed E-state index contributed by atoms with van der Waals surface area (Å²) in [6.07, 6.45) is 0. The van der Waals surface area contributed by atoms with Crippen molar-refractivity contribution in [2.45, 2.75) is 6.04 Å². The number of para-hydroxylation sites is 1. The van der Waals surface area contributed by atoms with Crippen molar-refractivity contribution >= 4 is 40.5 Å². The van der Waals surface area contributed by atoms with Gasteiger partial charge in [-0.1, -0.05) is 53.5 Å². The van der Waals surface area contributed by atoms with Crippen molar-refractivity contribution in [2.24, 2.45) is 0 Å². The van der Waals surface area contributed by atoms with E-state index in [0.29, 0.717) is 22.2 Å². The molecule has 1 heterocycles. The Morgan fingerprint density at radius 3 is 2.21 bits per heavy atom. The van der Waals surface area contributed by atoms with Crippen molar-refractivity contribution in [2.75, 3.05) is 56.6 Å². The van der Waals surface area contributed by atoms with E-state index in [1.165, 1.54) is 11.3 Å². The average Bonchev–Trinajstić information content (AvgIpc) is 2.87. The van der Waals surface area contributed by atoms with E-state index in [1.54, 1.807) is 18.2 Å². The van der Waals surface area contributed by atoms with Crippen molar-refractivity contribution in [3.63, 3.8) is 0 Å². The summed E-state index contributed by atoms with van der Waals surface area (Å²) < 4.78 is 0. The third kappa shape index (κ3) is 5.84. The van der Waals surface area contributed by atoms with Crippen LogP contribution >= 0.6 is 23.2 Å². The predicted octanol–water partition coefficient (Wildman–Crippen LogP) is 5.35. The highest BCUT2D eigenvalue weighted by molar-refractivity contribution is 6.42. The van der Waals surface area contributed by atoms with Gasteiger partial charge in [-0.05, 0) is 48.0 Å². The van der Waals surface area contributed by atoms with Gasteiger partial charge in [0.05, 0.1) is 16.1 Å². The number of rotatable bonds is 7. The molecule has 178 valence electrons. The van der Waals surface area contributed by atoms with E-state index in [-0.39, 0.29) is 11.9 Å². The minimum Gasteiger partial charge on any atom is -0.378 e. The van der Waals surface area contributed by atoms with Gasteiger partial charge in [-0.25, -0.2) is 0 Å². The first-order valence-corrected chi connectivity index (χ1v) is 12.2. The lowest BCUT2D eigenvalue weighted by molar-refractivity contribution is 0.0930. The molecule has 1 atom stereocenters. The molecule has 7 heteroatoms. The van der Waals surface area contributed by atoms with Gasteiger partial charge in [0, 0.05) is 63.8 Å². The van der Waals surface area contributed by atoms with E-state index in [2.05, 4.69) is 68.5 Å². The fourth-order valence-corrected chi connectivity index (χ4v) is 4.61. The Labute approximate surface area is 211 Å². The number of anilines is 2. The minimum atomic E-state index is -0.156. The Morgan fingerprint density at radius 2 is 1.59 bits per heavy atom. The van der Waals surface area contributed by atoms with Gasteiger partial charge in [0.25, 0.3) is 5.91 Å². The van der Waals surface area contributed by atoms with Crippen molar-refractivity contribution < 1.29 is 4.79 Å². The molecule has 1 saturated heterocycles. The molecule has 4 rings (SSSR count). The zero-order valence-corrected chi connectivity index (χ0v) is 21.1. The number of nitrogens with one attached hydrogen (secondary N) is 1. The van der Waals surface area contributed by atoms with Gasteiger partial charge in [-0.2, -0.15) is 0 Å². The second-order valence-electron chi connectivity index (χ2n) is 8.70. The van der Waals surface area contributed by atoms with Crippen LogP contribution in [0.1, 0.15) is 22.0 Å². The van der Waals surface area contributed by atoms with Crippen LogP contribution in [0.2, 0.25) is 10.0 Å². The molecule has 0 spiro atoms. The van der Waals surface area contributed by atoms with Crippen molar-refractivity contribution in [1.82, 2.24) is 10.2 Å². The molecule has 0 radical (unpaired) electrons. The fourth-order valence-electron chi connectivity index (χ4n) is 4.31. The minimum absolute atomic E-state index is 0.0702. The molecule has 1 unspecified atom stereocenters. The molecule has 0 saturated carbocycles. The predicted molar refractivity (Wildman–Crippen MR) is 143 cm³/mol. The molecule has 0 aromatic heterocycles. The number of carbonyl (C=O) groups is 1. The second-order valence-corrected chi connectivity index (χ2v) is 9.51. The van der Waals surface area contributed by atoms with Gasteiger partial charge in [0.15, 0.2) is 0 Å². The molecule has 0 bridgehead atoms. The molecule has 3 aromatic carbocycles. The summed E-state index contributed by atoms with van der Waals surface area (Å²) in [6, 6.07) is 24.1. The lowest BCUT2D eigenvalue weighted by atomic mass is 10.0. The normalized spacial score (nSPS) is 15.1. The highest BCUT2D eigenvalue weighted by Crippen LogP contribution is 2.26. The Morgan fingerprint density at radius 1 is 0.912 bits per heavy atom. The summed E-state index contributed by atoms with van der Waals surface area (Å²) in [7, 11) is 4.07. The molecule has 1 aliphatic heterocycles. The summed E-state index contributed by atoms with van der Waals surface area (Å²) in [5.74, 6) is -0.156. The van der Waals surface area contributed by atoms with Gasteiger partial charge in [-0.15, -0.1) is 0 Å². The molecule has 0 aliphatic carbocycles. The second kappa shape index (κ2) is 11.1. The van der Waals surface area contributed by atoms with Crippen molar-refractivity contribution in [3.05, 3.63) is 94.0 Å². The van der Waals surface area contributed by atoms with Crippen LogP contribution in [-0.2, 0) is 0 Å². The van der Waals surface area contributed by atoms with Gasteiger partial charge < -0.3 is 15.1 Å². The van der Waals surface area contributed by atoms with E-state index in [9.17, 15) is 4.79 Å². The number of hydrogen-bond donors (Lipinski definition) is 1. The number of carbonyl (C=O) groups excluding carboxylic acids is 1. The van der Waals surface area contributed by atoms with E-state index in [1.807, 2.05) is 20.2 Å². The number of hydrogen-bond acceptors (Lipinski definition) is 4. The molecule has 1 aliphatic rings. The number of halogens is 2.